The van der Waals surface area contributed by atoms with Crippen LogP contribution in [-0.2, 0) is 6.54 Å². The first-order chi connectivity index (χ1) is 21.7. The molecule has 1 aromatic heterocycles. The maximum Gasteiger partial charge on any atom is 0.407 e. The van der Waals surface area contributed by atoms with Crippen molar-refractivity contribution in [1.29, 1.82) is 0 Å². The average Bonchev–Trinajstić information content (AvgIpc) is 3.24. The summed E-state index contributed by atoms with van der Waals surface area (Å²) in [6, 6.07) is 11.7. The van der Waals surface area contributed by atoms with Gasteiger partial charge in [-0.2, -0.15) is 0 Å². The van der Waals surface area contributed by atoms with Crippen LogP contribution in [0.15, 0.2) is 63.7 Å². The third-order valence-corrected chi connectivity index (χ3v) is 8.99. The second-order valence-corrected chi connectivity index (χ2v) is 13.1. The van der Waals surface area contributed by atoms with Gasteiger partial charge >= 0.3 is 17.5 Å². The summed E-state index contributed by atoms with van der Waals surface area (Å²) in [5, 5.41) is 9.82. The number of amides is 1. The zero-order chi connectivity index (χ0) is 33.5. The Morgan fingerprint density at radius 1 is 0.979 bits per heavy atom. The standard InChI is InChI=1S/C34H44N6O6.2ClH/c1-22(41)23-9-12-25(13-10-23)39-31(42)38-20-15-27-30(40(38)32(39)43)26-14-11-24(21-29(26)46-34(27,2)3)28(36(6)7)16-19-37(33(44)45)18-8-17-35(4)5;;/h9-15,21,28,30H,8,16-20H2,1-7H3,(H,44,45);2*1H. The number of aromatic nitrogens is 3. The molecular weight excluding hydrogens is 659 g/mol. The number of benzene rings is 2. The van der Waals surface area contributed by atoms with Crippen LogP contribution in [0.4, 0.5) is 4.79 Å². The summed E-state index contributed by atoms with van der Waals surface area (Å²) < 4.78 is 10.7. The van der Waals surface area contributed by atoms with Gasteiger partial charge < -0.3 is 24.5 Å². The predicted molar refractivity (Wildman–Crippen MR) is 190 cm³/mol. The van der Waals surface area contributed by atoms with E-state index in [1.54, 1.807) is 24.3 Å². The van der Waals surface area contributed by atoms with Crippen molar-refractivity contribution in [3.63, 3.8) is 0 Å². The van der Waals surface area contributed by atoms with E-state index in [1.165, 1.54) is 21.2 Å². The van der Waals surface area contributed by atoms with Gasteiger partial charge in [0.15, 0.2) is 5.78 Å². The summed E-state index contributed by atoms with van der Waals surface area (Å²) >= 11 is 0. The molecule has 1 amide bonds. The molecule has 0 radical (unpaired) electrons. The highest BCUT2D eigenvalue weighted by atomic mass is 35.5. The minimum absolute atomic E-state index is 0. The fourth-order valence-corrected chi connectivity index (χ4v) is 6.57. The Morgan fingerprint density at radius 2 is 1.65 bits per heavy atom. The molecule has 2 aliphatic rings. The number of fused-ring (bicyclic) bond motifs is 5. The number of Topliss-reactive ketones (excluding diaryl/α,β-unsaturated/α-hetero) is 1. The average molecular weight is 706 g/mol. The van der Waals surface area contributed by atoms with E-state index in [0.717, 1.165) is 34.2 Å². The number of carbonyl (C=O) groups excluding carboxylic acids is 1. The number of nitrogens with zero attached hydrogens (tertiary/aromatic N) is 6. The van der Waals surface area contributed by atoms with E-state index in [0.29, 0.717) is 36.5 Å². The van der Waals surface area contributed by atoms with Gasteiger partial charge in [-0.3, -0.25) is 4.79 Å². The van der Waals surface area contributed by atoms with Crippen molar-refractivity contribution in [1.82, 2.24) is 28.6 Å². The van der Waals surface area contributed by atoms with Gasteiger partial charge in [0.2, 0.25) is 0 Å². The van der Waals surface area contributed by atoms with Crippen LogP contribution >= 0.6 is 24.8 Å². The first-order valence-electron chi connectivity index (χ1n) is 15.6. The summed E-state index contributed by atoms with van der Waals surface area (Å²) in [6.45, 7) is 7.25. The smallest absolute Gasteiger partial charge is 0.407 e. The molecule has 0 bridgehead atoms. The van der Waals surface area contributed by atoms with Crippen LogP contribution in [-0.4, -0.2) is 99.0 Å². The molecule has 0 saturated carbocycles. The lowest BCUT2D eigenvalue weighted by molar-refractivity contribution is 0.101. The van der Waals surface area contributed by atoms with Crippen LogP contribution in [0.25, 0.3) is 5.69 Å². The molecule has 14 heteroatoms. The van der Waals surface area contributed by atoms with E-state index < -0.39 is 29.1 Å². The molecule has 2 atom stereocenters. The second-order valence-electron chi connectivity index (χ2n) is 13.1. The maximum atomic E-state index is 14.0. The normalized spacial score (nSPS) is 16.4. The van der Waals surface area contributed by atoms with Crippen molar-refractivity contribution < 1.29 is 19.4 Å². The molecule has 2 unspecified atom stereocenters. The number of rotatable bonds is 11. The number of ether oxygens (including phenoxy) is 1. The Labute approximate surface area is 293 Å². The molecule has 3 aromatic rings. The summed E-state index contributed by atoms with van der Waals surface area (Å²) in [5.41, 5.74) is 1.82. The number of halogens is 2. The Kier molecular flexibility index (Phi) is 12.2. The van der Waals surface area contributed by atoms with E-state index in [4.69, 9.17) is 4.74 Å². The van der Waals surface area contributed by atoms with Crippen molar-refractivity contribution >= 4 is 36.7 Å². The lowest BCUT2D eigenvalue weighted by Gasteiger charge is -2.43. The summed E-state index contributed by atoms with van der Waals surface area (Å²) in [5.74, 6) is 0.515. The first-order valence-corrected chi connectivity index (χ1v) is 15.6. The van der Waals surface area contributed by atoms with Gasteiger partial charge in [0.05, 0.1) is 12.2 Å². The number of hydrogen-bond donors (Lipinski definition) is 1. The molecule has 0 spiro atoms. The van der Waals surface area contributed by atoms with Crippen molar-refractivity contribution in [2.75, 3.05) is 47.8 Å². The van der Waals surface area contributed by atoms with Crippen molar-refractivity contribution in [2.24, 2.45) is 0 Å². The zero-order valence-electron chi connectivity index (χ0n) is 28.5. The van der Waals surface area contributed by atoms with E-state index in [-0.39, 0.29) is 43.2 Å². The first kappa shape index (κ1) is 38.6. The molecule has 3 heterocycles. The molecule has 1 N–H and O–H groups in total. The topological polar surface area (TPSA) is 122 Å². The highest BCUT2D eigenvalue weighted by Gasteiger charge is 2.44. The highest BCUT2D eigenvalue weighted by Crippen LogP contribution is 2.47. The van der Waals surface area contributed by atoms with Crippen LogP contribution in [0.5, 0.6) is 5.75 Å². The Balaban J connectivity index is 0.00000312. The van der Waals surface area contributed by atoms with E-state index in [2.05, 4.69) is 4.90 Å². The Bertz CT molecular complexity index is 1790. The molecule has 12 nitrogen and oxygen atoms in total. The van der Waals surface area contributed by atoms with Gasteiger partial charge in [0, 0.05) is 30.3 Å². The SMILES string of the molecule is CC(=O)c1ccc(-n2c(=O)n3n(c2=O)C2C(=CC3)C(C)(C)Oc3cc(C(CCN(CCCN(C)C)C(=O)O)N(C)C)ccc32)cc1.Cl.Cl. The molecule has 262 valence electrons. The minimum Gasteiger partial charge on any atom is -0.483 e. The molecule has 0 fully saturated rings. The fourth-order valence-electron chi connectivity index (χ4n) is 6.57. The largest absolute Gasteiger partial charge is 0.483 e. The predicted octanol–water partition coefficient (Wildman–Crippen LogP) is 4.47. The molecule has 2 aliphatic heterocycles. The van der Waals surface area contributed by atoms with Gasteiger partial charge in [-0.15, -0.1) is 24.8 Å². The zero-order valence-corrected chi connectivity index (χ0v) is 30.1. The van der Waals surface area contributed by atoms with Crippen LogP contribution < -0.4 is 16.1 Å². The number of carbonyl (C=O) groups is 2. The molecule has 0 saturated heterocycles. The van der Waals surface area contributed by atoms with E-state index in [9.17, 15) is 24.3 Å². The van der Waals surface area contributed by atoms with Gasteiger partial charge in [0.1, 0.15) is 17.4 Å². The molecule has 2 aromatic carbocycles. The van der Waals surface area contributed by atoms with Gasteiger partial charge in [-0.1, -0.05) is 18.2 Å². The number of hydrogen-bond acceptors (Lipinski definition) is 7. The highest BCUT2D eigenvalue weighted by molar-refractivity contribution is 5.94. The van der Waals surface area contributed by atoms with Crippen molar-refractivity contribution in [3.8, 4) is 11.4 Å². The van der Waals surface area contributed by atoms with E-state index >= 15 is 0 Å². The van der Waals surface area contributed by atoms with Crippen LogP contribution in [0, 0.1) is 0 Å². The monoisotopic (exact) mass is 704 g/mol. The number of ketones is 1. The molecule has 0 aliphatic carbocycles. The lowest BCUT2D eigenvalue weighted by Crippen LogP contribution is -2.46. The van der Waals surface area contributed by atoms with Crippen LogP contribution in [0.3, 0.4) is 0 Å². The van der Waals surface area contributed by atoms with Crippen LogP contribution in [0.2, 0.25) is 0 Å². The molecule has 5 rings (SSSR count). The molecule has 48 heavy (non-hydrogen) atoms. The van der Waals surface area contributed by atoms with Crippen molar-refractivity contribution in [3.05, 3.63) is 91.8 Å². The second kappa shape index (κ2) is 15.1. The number of carboxylic acid groups (broad SMARTS) is 1. The Morgan fingerprint density at radius 3 is 2.23 bits per heavy atom. The summed E-state index contributed by atoms with van der Waals surface area (Å²) in [7, 11) is 7.88. The molecular formula is C34H46Cl2N6O6. The number of allylic oxidation sites excluding steroid dienone is 1. The van der Waals surface area contributed by atoms with Crippen molar-refractivity contribution in [2.45, 2.75) is 57.8 Å². The van der Waals surface area contributed by atoms with Gasteiger partial charge in [0.25, 0.3) is 0 Å². The fraction of sp³-hybridized carbons (Fsp3) is 0.471. The quantitative estimate of drug-likeness (QED) is 0.229. The minimum atomic E-state index is -0.929. The Hall–Kier alpha value is -3.84. The van der Waals surface area contributed by atoms with Gasteiger partial charge in [-0.05, 0) is 110 Å². The lowest BCUT2D eigenvalue weighted by atomic mass is 9.82. The van der Waals surface area contributed by atoms with Crippen LogP contribution in [0.1, 0.15) is 67.2 Å². The third kappa shape index (κ3) is 7.41. The van der Waals surface area contributed by atoms with E-state index in [1.807, 2.05) is 71.2 Å². The third-order valence-electron chi connectivity index (χ3n) is 8.99. The summed E-state index contributed by atoms with van der Waals surface area (Å²) in [6.07, 6.45) is 2.37. The maximum absolute atomic E-state index is 14.0. The summed E-state index contributed by atoms with van der Waals surface area (Å²) in [4.78, 5) is 57.0. The van der Waals surface area contributed by atoms with Gasteiger partial charge in [-0.25, -0.2) is 28.3 Å².